The maximum atomic E-state index is 8.93. The van der Waals surface area contributed by atoms with Gasteiger partial charge in [0.25, 0.3) is 0 Å². The monoisotopic (exact) mass is 319 g/mol. The number of benzene rings is 1. The Labute approximate surface area is 118 Å². The minimum Gasteiger partial charge on any atom is -0.497 e. The Hall–Kier alpha value is -2.26. The van der Waals surface area contributed by atoms with Crippen molar-refractivity contribution >= 4 is 21.6 Å². The fraction of sp³-hybridized carbons (Fsp3) is 0.0769. The number of nitriles is 1. The van der Waals surface area contributed by atoms with Crippen molar-refractivity contribution in [2.45, 2.75) is 0 Å². The quantitative estimate of drug-likeness (QED) is 0.940. The number of methoxy groups -OCH3 is 1. The van der Waals surface area contributed by atoms with E-state index in [1.54, 1.807) is 30.5 Å². The van der Waals surface area contributed by atoms with Crippen LogP contribution in [0, 0.1) is 11.3 Å². The van der Waals surface area contributed by atoms with E-state index >= 15 is 0 Å². The Bertz CT molecular complexity index is 653. The molecule has 0 bridgehead atoms. The Morgan fingerprint density at radius 2 is 2.00 bits per heavy atom. The summed E-state index contributed by atoms with van der Waals surface area (Å²) >= 11 is 3.27. The van der Waals surface area contributed by atoms with Crippen molar-refractivity contribution in [3.05, 3.63) is 40.5 Å². The van der Waals surface area contributed by atoms with Gasteiger partial charge in [0.15, 0.2) is 0 Å². The minimum absolute atomic E-state index is 0.278. The minimum atomic E-state index is 0.278. The molecule has 0 amide bonds. The molecule has 6 heteroatoms. The van der Waals surface area contributed by atoms with Gasteiger partial charge in [-0.3, -0.25) is 0 Å². The number of pyridine rings is 1. The molecule has 1 heterocycles. The number of hydrogen-bond donors (Lipinski definition) is 1. The van der Waals surface area contributed by atoms with Gasteiger partial charge in [-0.1, -0.05) is 0 Å². The van der Waals surface area contributed by atoms with Crippen LogP contribution in [0.3, 0.4) is 0 Å². The third kappa shape index (κ3) is 3.14. The maximum absolute atomic E-state index is 8.93. The molecule has 0 saturated carbocycles. The van der Waals surface area contributed by atoms with E-state index in [1.165, 1.54) is 7.11 Å². The van der Waals surface area contributed by atoms with E-state index < -0.39 is 0 Å². The van der Waals surface area contributed by atoms with Crippen LogP contribution in [0.4, 0.5) is 5.69 Å². The number of halogens is 1. The molecule has 0 radical (unpaired) electrons. The van der Waals surface area contributed by atoms with Gasteiger partial charge in [-0.2, -0.15) is 5.26 Å². The SMILES string of the molecule is COc1cc(C#N)cc(Oc2ncc(Br)cc2N)c1. The zero-order valence-corrected chi connectivity index (χ0v) is 11.6. The average molecular weight is 320 g/mol. The third-order valence-corrected chi connectivity index (χ3v) is 2.74. The van der Waals surface area contributed by atoms with Crippen LogP contribution in [0.1, 0.15) is 5.56 Å². The summed E-state index contributed by atoms with van der Waals surface area (Å²) in [5, 5.41) is 8.93. The number of rotatable bonds is 3. The zero-order chi connectivity index (χ0) is 13.8. The lowest BCUT2D eigenvalue weighted by atomic mass is 10.2. The zero-order valence-electron chi connectivity index (χ0n) is 10.1. The van der Waals surface area contributed by atoms with Crippen molar-refractivity contribution in [3.8, 4) is 23.4 Å². The number of ether oxygens (including phenoxy) is 2. The molecule has 2 aromatic rings. The number of nitrogen functional groups attached to an aromatic ring is 1. The van der Waals surface area contributed by atoms with Crippen LogP contribution in [-0.4, -0.2) is 12.1 Å². The molecular formula is C13H10BrN3O2. The Balaban J connectivity index is 2.35. The molecule has 0 unspecified atom stereocenters. The molecule has 5 nitrogen and oxygen atoms in total. The molecule has 0 spiro atoms. The largest absolute Gasteiger partial charge is 0.497 e. The van der Waals surface area contributed by atoms with Crippen LogP contribution in [0.2, 0.25) is 0 Å². The van der Waals surface area contributed by atoms with E-state index in [0.717, 1.165) is 4.47 Å². The Morgan fingerprint density at radius 1 is 1.26 bits per heavy atom. The van der Waals surface area contributed by atoms with Gasteiger partial charge in [-0.05, 0) is 34.1 Å². The summed E-state index contributed by atoms with van der Waals surface area (Å²) in [4.78, 5) is 4.07. The van der Waals surface area contributed by atoms with Crippen molar-refractivity contribution in [1.82, 2.24) is 4.98 Å². The standard InChI is InChI=1S/C13H10BrN3O2/c1-18-10-2-8(6-15)3-11(5-10)19-13-12(16)4-9(14)7-17-13/h2-5,7H,16H2,1H3. The van der Waals surface area contributed by atoms with Crippen molar-refractivity contribution in [2.75, 3.05) is 12.8 Å². The number of aromatic nitrogens is 1. The number of anilines is 1. The van der Waals surface area contributed by atoms with Crippen molar-refractivity contribution in [1.29, 1.82) is 5.26 Å². The molecule has 96 valence electrons. The highest BCUT2D eigenvalue weighted by Crippen LogP contribution is 2.30. The summed E-state index contributed by atoms with van der Waals surface area (Å²) < 4.78 is 11.4. The molecule has 0 fully saturated rings. The molecule has 19 heavy (non-hydrogen) atoms. The van der Waals surface area contributed by atoms with Gasteiger partial charge in [-0.25, -0.2) is 4.98 Å². The normalized spacial score (nSPS) is 9.74. The van der Waals surface area contributed by atoms with Gasteiger partial charge in [0.2, 0.25) is 5.88 Å². The molecule has 1 aromatic heterocycles. The molecule has 0 atom stereocenters. The third-order valence-electron chi connectivity index (χ3n) is 2.30. The summed E-state index contributed by atoms with van der Waals surface area (Å²) in [5.41, 5.74) is 6.63. The van der Waals surface area contributed by atoms with Crippen LogP contribution in [0.25, 0.3) is 0 Å². The highest BCUT2D eigenvalue weighted by molar-refractivity contribution is 9.10. The van der Waals surface area contributed by atoms with E-state index in [4.69, 9.17) is 20.5 Å². The molecular weight excluding hydrogens is 310 g/mol. The van der Waals surface area contributed by atoms with Gasteiger partial charge < -0.3 is 15.2 Å². The van der Waals surface area contributed by atoms with Crippen LogP contribution < -0.4 is 15.2 Å². The lowest BCUT2D eigenvalue weighted by molar-refractivity contribution is 0.407. The lowest BCUT2D eigenvalue weighted by Crippen LogP contribution is -1.96. The first-order chi connectivity index (χ1) is 9.12. The predicted molar refractivity (Wildman–Crippen MR) is 74.1 cm³/mol. The molecule has 0 aliphatic rings. The van der Waals surface area contributed by atoms with Crippen LogP contribution >= 0.6 is 15.9 Å². The van der Waals surface area contributed by atoms with Gasteiger partial charge in [0.1, 0.15) is 11.5 Å². The fourth-order valence-corrected chi connectivity index (χ4v) is 1.80. The van der Waals surface area contributed by atoms with Gasteiger partial charge >= 0.3 is 0 Å². The first-order valence-corrected chi connectivity index (χ1v) is 6.09. The average Bonchev–Trinajstić information content (AvgIpc) is 2.41. The summed E-state index contributed by atoms with van der Waals surface area (Å²) in [6.45, 7) is 0. The summed E-state index contributed by atoms with van der Waals surface area (Å²) in [6, 6.07) is 8.58. The first kappa shape index (κ1) is 13.2. The maximum Gasteiger partial charge on any atom is 0.242 e. The lowest BCUT2D eigenvalue weighted by Gasteiger charge is -2.09. The van der Waals surface area contributed by atoms with E-state index in [1.807, 2.05) is 6.07 Å². The topological polar surface area (TPSA) is 81.2 Å². The van der Waals surface area contributed by atoms with Gasteiger partial charge in [0, 0.05) is 16.7 Å². The molecule has 2 rings (SSSR count). The van der Waals surface area contributed by atoms with E-state index in [-0.39, 0.29) is 5.88 Å². The van der Waals surface area contributed by atoms with Crippen molar-refractivity contribution in [2.24, 2.45) is 0 Å². The number of hydrogen-bond acceptors (Lipinski definition) is 5. The van der Waals surface area contributed by atoms with Gasteiger partial charge in [0.05, 0.1) is 24.4 Å². The number of nitrogens with two attached hydrogens (primary N) is 1. The molecule has 0 aliphatic heterocycles. The van der Waals surface area contributed by atoms with E-state index in [9.17, 15) is 0 Å². The molecule has 0 aliphatic carbocycles. The first-order valence-electron chi connectivity index (χ1n) is 5.30. The second kappa shape index (κ2) is 5.59. The van der Waals surface area contributed by atoms with Crippen LogP contribution in [0.5, 0.6) is 17.4 Å². The molecule has 1 aromatic carbocycles. The summed E-state index contributed by atoms with van der Waals surface area (Å²) in [7, 11) is 1.52. The van der Waals surface area contributed by atoms with E-state index in [2.05, 4.69) is 20.9 Å². The second-order valence-corrected chi connectivity index (χ2v) is 4.57. The fourth-order valence-electron chi connectivity index (χ4n) is 1.45. The van der Waals surface area contributed by atoms with Crippen molar-refractivity contribution < 1.29 is 9.47 Å². The Morgan fingerprint density at radius 3 is 2.63 bits per heavy atom. The van der Waals surface area contributed by atoms with Gasteiger partial charge in [-0.15, -0.1) is 0 Å². The second-order valence-electron chi connectivity index (χ2n) is 3.66. The van der Waals surface area contributed by atoms with Crippen molar-refractivity contribution in [3.63, 3.8) is 0 Å². The summed E-state index contributed by atoms with van der Waals surface area (Å²) in [6.07, 6.45) is 1.58. The molecule has 0 saturated heterocycles. The Kier molecular flexibility index (Phi) is 3.88. The highest BCUT2D eigenvalue weighted by atomic mass is 79.9. The van der Waals surface area contributed by atoms with Crippen LogP contribution in [0.15, 0.2) is 34.9 Å². The van der Waals surface area contributed by atoms with E-state index in [0.29, 0.717) is 22.7 Å². The summed E-state index contributed by atoms with van der Waals surface area (Å²) in [5.74, 6) is 1.25. The van der Waals surface area contributed by atoms with Crippen LogP contribution in [-0.2, 0) is 0 Å². The highest BCUT2D eigenvalue weighted by Gasteiger charge is 2.07. The predicted octanol–water partition coefficient (Wildman–Crippen LogP) is 3.10. The molecule has 2 N–H and O–H groups in total. The number of nitrogens with zero attached hydrogens (tertiary/aromatic N) is 2. The smallest absolute Gasteiger partial charge is 0.242 e.